The lowest BCUT2D eigenvalue weighted by molar-refractivity contribution is 0.102. The summed E-state index contributed by atoms with van der Waals surface area (Å²) < 4.78 is 2.80. The largest absolute Gasteiger partial charge is 0.296 e. The second kappa shape index (κ2) is 7.28. The third-order valence-corrected chi connectivity index (χ3v) is 5.39. The Bertz CT molecular complexity index is 1100. The van der Waals surface area contributed by atoms with Crippen LogP contribution in [0.15, 0.2) is 48.5 Å². The SMILES string of the molecule is CCc1ccc2nc(NC(=O)c3nnn(Cc4ccccc4)c3C)sc2c1. The van der Waals surface area contributed by atoms with Gasteiger partial charge in [0.15, 0.2) is 10.8 Å². The predicted octanol–water partition coefficient (Wildman–Crippen LogP) is 4.06. The highest BCUT2D eigenvalue weighted by atomic mass is 32.1. The van der Waals surface area contributed by atoms with Crippen LogP contribution in [0.5, 0.6) is 0 Å². The Hall–Kier alpha value is -3.06. The van der Waals surface area contributed by atoms with E-state index in [0.717, 1.165) is 27.9 Å². The molecule has 2 aromatic heterocycles. The average molecular weight is 377 g/mol. The molecule has 136 valence electrons. The maximum absolute atomic E-state index is 12.6. The molecule has 0 aliphatic carbocycles. The second-order valence-electron chi connectivity index (χ2n) is 6.30. The van der Waals surface area contributed by atoms with Gasteiger partial charge in [-0.15, -0.1) is 5.10 Å². The summed E-state index contributed by atoms with van der Waals surface area (Å²) in [5.74, 6) is -0.290. The van der Waals surface area contributed by atoms with E-state index >= 15 is 0 Å². The Balaban J connectivity index is 1.53. The topological polar surface area (TPSA) is 72.7 Å². The summed E-state index contributed by atoms with van der Waals surface area (Å²) in [7, 11) is 0. The van der Waals surface area contributed by atoms with Gasteiger partial charge in [0, 0.05) is 0 Å². The van der Waals surface area contributed by atoms with Crippen LogP contribution in [-0.4, -0.2) is 25.9 Å². The molecule has 7 heteroatoms. The van der Waals surface area contributed by atoms with Crippen molar-refractivity contribution in [2.75, 3.05) is 5.32 Å². The highest BCUT2D eigenvalue weighted by Gasteiger charge is 2.18. The zero-order valence-corrected chi connectivity index (χ0v) is 16.0. The molecule has 4 rings (SSSR count). The first-order valence-corrected chi connectivity index (χ1v) is 9.60. The number of benzene rings is 2. The lowest BCUT2D eigenvalue weighted by Crippen LogP contribution is -2.14. The lowest BCUT2D eigenvalue weighted by atomic mass is 10.2. The van der Waals surface area contributed by atoms with Crippen LogP contribution >= 0.6 is 11.3 Å². The number of nitrogens with zero attached hydrogens (tertiary/aromatic N) is 4. The Labute approximate surface area is 160 Å². The fourth-order valence-electron chi connectivity index (χ4n) is 2.88. The highest BCUT2D eigenvalue weighted by Crippen LogP contribution is 2.27. The van der Waals surface area contributed by atoms with Crippen molar-refractivity contribution >= 4 is 32.6 Å². The zero-order valence-electron chi connectivity index (χ0n) is 15.1. The number of hydrogen-bond acceptors (Lipinski definition) is 5. The molecule has 0 aliphatic heterocycles. The number of thiazole rings is 1. The van der Waals surface area contributed by atoms with Gasteiger partial charge in [0.1, 0.15) is 0 Å². The summed E-state index contributed by atoms with van der Waals surface area (Å²) in [5.41, 5.74) is 4.29. The minimum absolute atomic E-state index is 0.290. The number of fused-ring (bicyclic) bond motifs is 1. The van der Waals surface area contributed by atoms with Crippen molar-refractivity contribution in [2.45, 2.75) is 26.8 Å². The van der Waals surface area contributed by atoms with E-state index in [1.54, 1.807) is 4.68 Å². The molecule has 0 unspecified atom stereocenters. The van der Waals surface area contributed by atoms with E-state index in [4.69, 9.17) is 0 Å². The summed E-state index contributed by atoms with van der Waals surface area (Å²) in [4.78, 5) is 17.1. The third kappa shape index (κ3) is 3.59. The second-order valence-corrected chi connectivity index (χ2v) is 7.33. The van der Waals surface area contributed by atoms with Gasteiger partial charge in [0.25, 0.3) is 5.91 Å². The van der Waals surface area contributed by atoms with Gasteiger partial charge in [-0.25, -0.2) is 9.67 Å². The van der Waals surface area contributed by atoms with Crippen LogP contribution in [0.4, 0.5) is 5.13 Å². The van der Waals surface area contributed by atoms with Crippen LogP contribution in [0.2, 0.25) is 0 Å². The number of amides is 1. The molecule has 1 N–H and O–H groups in total. The number of aromatic nitrogens is 4. The van der Waals surface area contributed by atoms with Gasteiger partial charge in [0.05, 0.1) is 22.5 Å². The summed E-state index contributed by atoms with van der Waals surface area (Å²) in [6.45, 7) is 4.55. The monoisotopic (exact) mass is 377 g/mol. The van der Waals surface area contributed by atoms with Gasteiger partial charge in [-0.1, -0.05) is 59.9 Å². The quantitative estimate of drug-likeness (QED) is 0.569. The van der Waals surface area contributed by atoms with Gasteiger partial charge < -0.3 is 0 Å². The standard InChI is InChI=1S/C20H19N5OS/c1-3-14-9-10-16-17(11-14)27-20(21-16)22-19(26)18-13(2)25(24-23-18)12-15-7-5-4-6-8-15/h4-11H,3,12H2,1-2H3,(H,21,22,26). The van der Waals surface area contributed by atoms with E-state index in [9.17, 15) is 4.79 Å². The molecule has 2 heterocycles. The minimum Gasteiger partial charge on any atom is -0.296 e. The Kier molecular flexibility index (Phi) is 4.68. The molecule has 1 amide bonds. The molecule has 2 aromatic carbocycles. The maximum Gasteiger partial charge on any atom is 0.279 e. The molecular weight excluding hydrogens is 358 g/mol. The van der Waals surface area contributed by atoms with Crippen molar-refractivity contribution < 1.29 is 4.79 Å². The fraction of sp³-hybridized carbons (Fsp3) is 0.200. The predicted molar refractivity (Wildman–Crippen MR) is 107 cm³/mol. The summed E-state index contributed by atoms with van der Waals surface area (Å²) in [6.07, 6.45) is 0.971. The number of rotatable bonds is 5. The Morgan fingerprint density at radius 3 is 2.74 bits per heavy atom. The van der Waals surface area contributed by atoms with Crippen molar-refractivity contribution in [1.29, 1.82) is 0 Å². The van der Waals surface area contributed by atoms with Gasteiger partial charge in [-0.2, -0.15) is 0 Å². The van der Waals surface area contributed by atoms with Crippen molar-refractivity contribution in [3.8, 4) is 0 Å². The average Bonchev–Trinajstić information content (AvgIpc) is 3.25. The molecule has 0 fully saturated rings. The van der Waals surface area contributed by atoms with Crippen LogP contribution in [0.1, 0.15) is 34.2 Å². The van der Waals surface area contributed by atoms with E-state index < -0.39 is 0 Å². The van der Waals surface area contributed by atoms with E-state index in [1.165, 1.54) is 16.9 Å². The van der Waals surface area contributed by atoms with Gasteiger partial charge in [-0.05, 0) is 36.6 Å². The summed E-state index contributed by atoms with van der Waals surface area (Å²) in [5, 5.41) is 11.6. The maximum atomic E-state index is 12.6. The molecule has 0 saturated carbocycles. The smallest absolute Gasteiger partial charge is 0.279 e. The third-order valence-electron chi connectivity index (χ3n) is 4.45. The molecule has 0 bridgehead atoms. The number of carbonyl (C=O) groups is 1. The van der Waals surface area contributed by atoms with Crippen LogP contribution in [-0.2, 0) is 13.0 Å². The van der Waals surface area contributed by atoms with Crippen LogP contribution in [0.3, 0.4) is 0 Å². The molecule has 0 spiro atoms. The summed E-state index contributed by atoms with van der Waals surface area (Å²) in [6, 6.07) is 16.1. The van der Waals surface area contributed by atoms with E-state index in [1.807, 2.05) is 43.3 Å². The highest BCUT2D eigenvalue weighted by molar-refractivity contribution is 7.22. The first-order valence-electron chi connectivity index (χ1n) is 8.79. The van der Waals surface area contributed by atoms with Crippen molar-refractivity contribution in [1.82, 2.24) is 20.0 Å². The van der Waals surface area contributed by atoms with Crippen molar-refractivity contribution in [3.63, 3.8) is 0 Å². The van der Waals surface area contributed by atoms with Gasteiger partial charge in [0.2, 0.25) is 0 Å². The van der Waals surface area contributed by atoms with E-state index in [2.05, 4.69) is 39.7 Å². The van der Waals surface area contributed by atoms with Crippen LogP contribution < -0.4 is 5.32 Å². The first-order chi connectivity index (χ1) is 13.1. The lowest BCUT2D eigenvalue weighted by Gasteiger charge is -2.04. The molecule has 0 atom stereocenters. The normalized spacial score (nSPS) is 11.0. The number of carbonyl (C=O) groups excluding carboxylic acids is 1. The molecule has 0 aliphatic rings. The molecule has 0 radical (unpaired) electrons. The Morgan fingerprint density at radius 1 is 1.15 bits per heavy atom. The fourth-order valence-corrected chi connectivity index (χ4v) is 3.80. The first kappa shape index (κ1) is 17.4. The molecule has 6 nitrogen and oxygen atoms in total. The van der Waals surface area contributed by atoms with Gasteiger partial charge >= 0.3 is 0 Å². The number of aryl methyl sites for hydroxylation is 1. The molecule has 4 aromatic rings. The number of anilines is 1. The number of hydrogen-bond donors (Lipinski definition) is 1. The molecule has 0 saturated heterocycles. The van der Waals surface area contributed by atoms with E-state index in [-0.39, 0.29) is 5.91 Å². The summed E-state index contributed by atoms with van der Waals surface area (Å²) >= 11 is 1.47. The van der Waals surface area contributed by atoms with Crippen molar-refractivity contribution in [3.05, 3.63) is 71.0 Å². The van der Waals surface area contributed by atoms with Gasteiger partial charge in [-0.3, -0.25) is 10.1 Å². The van der Waals surface area contributed by atoms with Crippen LogP contribution in [0.25, 0.3) is 10.2 Å². The van der Waals surface area contributed by atoms with Crippen LogP contribution in [0, 0.1) is 6.92 Å². The minimum atomic E-state index is -0.290. The zero-order chi connectivity index (χ0) is 18.8. The molecule has 27 heavy (non-hydrogen) atoms. The van der Waals surface area contributed by atoms with E-state index in [0.29, 0.717) is 17.4 Å². The molecular formula is C20H19N5OS. The Morgan fingerprint density at radius 2 is 1.96 bits per heavy atom. The number of nitrogens with one attached hydrogen (secondary N) is 1. The van der Waals surface area contributed by atoms with Crippen molar-refractivity contribution in [2.24, 2.45) is 0 Å².